The number of para-hydroxylation sites is 1. The topological polar surface area (TPSA) is 113 Å². The highest BCUT2D eigenvalue weighted by atomic mass is 16.5. The Hall–Kier alpha value is -3.06. The third kappa shape index (κ3) is 2.89. The lowest BCUT2D eigenvalue weighted by Gasteiger charge is -2.14. The summed E-state index contributed by atoms with van der Waals surface area (Å²) in [5, 5.41) is 13.8. The number of carbonyl (C=O) groups is 1. The predicted molar refractivity (Wildman–Crippen MR) is 93.6 cm³/mol. The number of phenols is 1. The molecule has 0 aliphatic carbocycles. The molecule has 2 heterocycles. The minimum Gasteiger partial charge on any atom is -0.504 e. The van der Waals surface area contributed by atoms with Gasteiger partial charge in [-0.3, -0.25) is 4.79 Å². The smallest absolute Gasteiger partial charge is 0.248 e. The monoisotopic (exact) mass is 338 g/mol. The number of fused-ring (bicyclic) bond motifs is 1. The Balaban J connectivity index is 1.71. The number of benzene rings is 2. The van der Waals surface area contributed by atoms with Gasteiger partial charge in [-0.05, 0) is 43.3 Å². The fourth-order valence-electron chi connectivity index (χ4n) is 3.01. The van der Waals surface area contributed by atoms with E-state index >= 15 is 0 Å². The molecule has 1 amide bonds. The largest absolute Gasteiger partial charge is 0.504 e. The summed E-state index contributed by atoms with van der Waals surface area (Å²) >= 11 is 0. The first-order chi connectivity index (χ1) is 12.1. The average Bonchev–Trinajstić information content (AvgIpc) is 3.25. The van der Waals surface area contributed by atoms with Gasteiger partial charge in [-0.2, -0.15) is 0 Å². The number of imidazole rings is 1. The summed E-state index contributed by atoms with van der Waals surface area (Å²) < 4.78 is 5.88. The molecule has 1 fully saturated rings. The van der Waals surface area contributed by atoms with E-state index < -0.39 is 5.91 Å². The molecule has 1 saturated heterocycles. The number of nitrogens with one attached hydrogen (secondary N) is 2. The fourth-order valence-corrected chi connectivity index (χ4v) is 3.01. The molecule has 4 rings (SSSR count). The minimum atomic E-state index is -0.499. The Morgan fingerprint density at radius 3 is 2.96 bits per heavy atom. The number of aromatic nitrogens is 2. The number of aromatic amines is 1. The molecular weight excluding hydrogens is 320 g/mol. The number of aromatic hydroxyl groups is 1. The van der Waals surface area contributed by atoms with Gasteiger partial charge in [0.05, 0.1) is 16.6 Å². The number of hydrogen-bond donors (Lipinski definition) is 4. The van der Waals surface area contributed by atoms with Gasteiger partial charge in [0.15, 0.2) is 11.5 Å². The van der Waals surface area contributed by atoms with E-state index in [2.05, 4.69) is 15.3 Å². The van der Waals surface area contributed by atoms with E-state index in [1.54, 1.807) is 30.3 Å². The third-order valence-electron chi connectivity index (χ3n) is 4.33. The Labute approximate surface area is 143 Å². The van der Waals surface area contributed by atoms with E-state index in [9.17, 15) is 9.90 Å². The maximum atomic E-state index is 11.3. The first kappa shape index (κ1) is 15.5. The SMILES string of the molecule is NC(=O)c1ccc2nc(-c3cccc(OC4CCNC4)c3O)[nH]c2c1. The first-order valence-corrected chi connectivity index (χ1v) is 8.11. The molecule has 7 heteroatoms. The summed E-state index contributed by atoms with van der Waals surface area (Å²) in [6.07, 6.45) is 0.958. The predicted octanol–water partition coefficient (Wildman–Crippen LogP) is 1.78. The number of nitrogens with zero attached hydrogens (tertiary/aromatic N) is 1. The van der Waals surface area contributed by atoms with Crippen LogP contribution in [0.5, 0.6) is 11.5 Å². The van der Waals surface area contributed by atoms with Gasteiger partial charge in [0.25, 0.3) is 0 Å². The standard InChI is InChI=1S/C18H18N4O3/c19-17(24)10-4-5-13-14(8-10)22-18(21-13)12-2-1-3-15(16(12)23)25-11-6-7-20-9-11/h1-5,8,11,20,23H,6-7,9H2,(H2,19,24)(H,21,22). The lowest BCUT2D eigenvalue weighted by Crippen LogP contribution is -2.19. The van der Waals surface area contributed by atoms with Gasteiger partial charge in [0.1, 0.15) is 11.9 Å². The Kier molecular flexibility index (Phi) is 3.77. The van der Waals surface area contributed by atoms with Crippen molar-refractivity contribution in [3.63, 3.8) is 0 Å². The third-order valence-corrected chi connectivity index (χ3v) is 4.33. The van der Waals surface area contributed by atoms with E-state index in [1.807, 2.05) is 6.07 Å². The zero-order valence-electron chi connectivity index (χ0n) is 13.5. The van der Waals surface area contributed by atoms with Gasteiger partial charge >= 0.3 is 0 Å². The molecular formula is C18H18N4O3. The molecule has 1 aromatic heterocycles. The van der Waals surface area contributed by atoms with Crippen LogP contribution >= 0.6 is 0 Å². The fraction of sp³-hybridized carbons (Fsp3) is 0.222. The van der Waals surface area contributed by atoms with Crippen molar-refractivity contribution in [3.05, 3.63) is 42.0 Å². The highest BCUT2D eigenvalue weighted by molar-refractivity contribution is 5.96. The lowest BCUT2D eigenvalue weighted by atomic mass is 10.1. The van der Waals surface area contributed by atoms with Crippen LogP contribution in [0.4, 0.5) is 0 Å². The van der Waals surface area contributed by atoms with E-state index in [0.717, 1.165) is 19.5 Å². The average molecular weight is 338 g/mol. The molecule has 0 radical (unpaired) electrons. The minimum absolute atomic E-state index is 0.0450. The van der Waals surface area contributed by atoms with Crippen LogP contribution in [0.25, 0.3) is 22.4 Å². The summed E-state index contributed by atoms with van der Waals surface area (Å²) in [6.45, 7) is 1.68. The van der Waals surface area contributed by atoms with Crippen molar-refractivity contribution in [2.24, 2.45) is 5.73 Å². The van der Waals surface area contributed by atoms with Crippen molar-refractivity contribution in [3.8, 4) is 22.9 Å². The Morgan fingerprint density at radius 2 is 2.20 bits per heavy atom. The van der Waals surface area contributed by atoms with Crippen LogP contribution in [0.15, 0.2) is 36.4 Å². The number of nitrogens with two attached hydrogens (primary N) is 1. The van der Waals surface area contributed by atoms with Crippen LogP contribution in [-0.2, 0) is 0 Å². The van der Waals surface area contributed by atoms with Crippen LogP contribution in [0, 0.1) is 0 Å². The summed E-state index contributed by atoms with van der Waals surface area (Å²) in [7, 11) is 0. The van der Waals surface area contributed by atoms with Crippen molar-refractivity contribution in [1.82, 2.24) is 15.3 Å². The summed E-state index contributed by atoms with van der Waals surface area (Å²) in [5.41, 5.74) is 7.62. The van der Waals surface area contributed by atoms with E-state index in [1.165, 1.54) is 0 Å². The number of H-pyrrole nitrogens is 1. The number of rotatable bonds is 4. The van der Waals surface area contributed by atoms with Gasteiger partial charge in [-0.15, -0.1) is 0 Å². The van der Waals surface area contributed by atoms with Gasteiger partial charge in [-0.1, -0.05) is 6.07 Å². The van der Waals surface area contributed by atoms with Gasteiger partial charge in [0, 0.05) is 12.1 Å². The molecule has 0 spiro atoms. The zero-order valence-corrected chi connectivity index (χ0v) is 13.5. The molecule has 7 nitrogen and oxygen atoms in total. The number of carbonyl (C=O) groups excluding carboxylic acids is 1. The molecule has 1 unspecified atom stereocenters. The van der Waals surface area contributed by atoms with Crippen molar-refractivity contribution in [1.29, 1.82) is 0 Å². The maximum Gasteiger partial charge on any atom is 0.248 e. The van der Waals surface area contributed by atoms with Gasteiger partial charge in [-0.25, -0.2) is 4.98 Å². The summed E-state index contributed by atoms with van der Waals surface area (Å²) in [5.74, 6) is 0.485. The van der Waals surface area contributed by atoms with Crippen LogP contribution in [0.3, 0.4) is 0 Å². The summed E-state index contributed by atoms with van der Waals surface area (Å²) in [4.78, 5) is 18.9. The molecule has 0 saturated carbocycles. The second kappa shape index (κ2) is 6.10. The number of hydrogen-bond acceptors (Lipinski definition) is 5. The number of amides is 1. The van der Waals surface area contributed by atoms with Crippen LogP contribution in [0.1, 0.15) is 16.8 Å². The number of primary amides is 1. The van der Waals surface area contributed by atoms with Crippen molar-refractivity contribution < 1.29 is 14.6 Å². The molecule has 5 N–H and O–H groups in total. The molecule has 128 valence electrons. The molecule has 1 aliphatic rings. The first-order valence-electron chi connectivity index (χ1n) is 8.11. The number of phenolic OH excluding ortho intramolecular Hbond substituents is 1. The van der Waals surface area contributed by atoms with Gasteiger partial charge < -0.3 is 25.9 Å². The summed E-state index contributed by atoms with van der Waals surface area (Å²) in [6, 6.07) is 10.3. The highest BCUT2D eigenvalue weighted by Gasteiger charge is 2.20. The van der Waals surface area contributed by atoms with Crippen molar-refractivity contribution >= 4 is 16.9 Å². The molecule has 1 aliphatic heterocycles. The van der Waals surface area contributed by atoms with E-state index in [4.69, 9.17) is 10.5 Å². The second-order valence-electron chi connectivity index (χ2n) is 6.07. The molecule has 2 aromatic carbocycles. The lowest BCUT2D eigenvalue weighted by molar-refractivity contribution is 0.100. The second-order valence-corrected chi connectivity index (χ2v) is 6.07. The van der Waals surface area contributed by atoms with Crippen molar-refractivity contribution in [2.75, 3.05) is 13.1 Å². The van der Waals surface area contributed by atoms with Crippen molar-refractivity contribution in [2.45, 2.75) is 12.5 Å². The Bertz CT molecular complexity index is 945. The molecule has 3 aromatic rings. The molecule has 1 atom stereocenters. The van der Waals surface area contributed by atoms with Crippen LogP contribution in [0.2, 0.25) is 0 Å². The molecule has 25 heavy (non-hydrogen) atoms. The highest BCUT2D eigenvalue weighted by Crippen LogP contribution is 2.37. The van der Waals surface area contributed by atoms with E-state index in [0.29, 0.717) is 33.7 Å². The zero-order chi connectivity index (χ0) is 17.4. The quantitative estimate of drug-likeness (QED) is 0.579. The van der Waals surface area contributed by atoms with E-state index in [-0.39, 0.29) is 11.9 Å². The van der Waals surface area contributed by atoms with Crippen LogP contribution < -0.4 is 15.8 Å². The number of ether oxygens (including phenoxy) is 1. The van der Waals surface area contributed by atoms with Gasteiger partial charge in [0.2, 0.25) is 5.91 Å². The Morgan fingerprint density at radius 1 is 1.32 bits per heavy atom. The van der Waals surface area contributed by atoms with Crippen LogP contribution in [-0.4, -0.2) is 40.2 Å². The molecule has 0 bridgehead atoms. The maximum absolute atomic E-state index is 11.3. The normalized spacial score (nSPS) is 17.0.